The predicted molar refractivity (Wildman–Crippen MR) is 74.3 cm³/mol. The lowest BCUT2D eigenvalue weighted by Gasteiger charge is -2.20. The van der Waals surface area contributed by atoms with Crippen LogP contribution in [-0.2, 0) is 0 Å². The number of nitrogens with one attached hydrogen (secondary N) is 1. The van der Waals surface area contributed by atoms with E-state index in [1.54, 1.807) is 43.4 Å². The maximum Gasteiger partial charge on any atom is 0.196 e. The first-order valence-electron chi connectivity index (χ1n) is 5.84. The molecular formula is C15H10ClNO2. The van der Waals surface area contributed by atoms with E-state index in [1.165, 1.54) is 0 Å². The summed E-state index contributed by atoms with van der Waals surface area (Å²) < 4.78 is 0. The summed E-state index contributed by atoms with van der Waals surface area (Å²) >= 11 is 6.05. The monoisotopic (exact) mass is 271 g/mol. The lowest BCUT2D eigenvalue weighted by atomic mass is 9.83. The van der Waals surface area contributed by atoms with Gasteiger partial charge in [0.15, 0.2) is 11.6 Å². The molecule has 1 aliphatic rings. The number of anilines is 1. The Morgan fingerprint density at radius 1 is 0.895 bits per heavy atom. The Morgan fingerprint density at radius 3 is 2.16 bits per heavy atom. The Labute approximate surface area is 115 Å². The largest absolute Gasteiger partial charge is 0.388 e. The number of halogens is 1. The molecule has 1 N–H and O–H groups in total. The quantitative estimate of drug-likeness (QED) is 0.739. The van der Waals surface area contributed by atoms with Gasteiger partial charge < -0.3 is 5.32 Å². The second-order valence-corrected chi connectivity index (χ2v) is 4.71. The fourth-order valence-corrected chi connectivity index (χ4v) is 2.67. The van der Waals surface area contributed by atoms with E-state index < -0.39 is 0 Å². The molecule has 0 aliphatic heterocycles. The predicted octanol–water partition coefficient (Wildman–Crippen LogP) is 3.16. The highest BCUT2D eigenvalue weighted by Crippen LogP contribution is 2.34. The summed E-state index contributed by atoms with van der Waals surface area (Å²) in [5.41, 5.74) is 2.14. The number of benzene rings is 2. The van der Waals surface area contributed by atoms with Crippen molar-refractivity contribution in [2.45, 2.75) is 0 Å². The third-order valence-electron chi connectivity index (χ3n) is 3.29. The Kier molecular flexibility index (Phi) is 2.64. The van der Waals surface area contributed by atoms with E-state index in [-0.39, 0.29) is 11.6 Å². The summed E-state index contributed by atoms with van der Waals surface area (Å²) in [6.45, 7) is 0. The second kappa shape index (κ2) is 4.21. The number of carbonyl (C=O) groups excluding carboxylic acids is 2. The minimum atomic E-state index is -0.202. The highest BCUT2D eigenvalue weighted by atomic mass is 35.5. The van der Waals surface area contributed by atoms with E-state index in [0.29, 0.717) is 33.0 Å². The van der Waals surface area contributed by atoms with Crippen molar-refractivity contribution in [1.82, 2.24) is 0 Å². The van der Waals surface area contributed by atoms with Crippen LogP contribution in [0.25, 0.3) is 0 Å². The molecule has 0 bridgehead atoms. The molecule has 0 amide bonds. The van der Waals surface area contributed by atoms with E-state index in [9.17, 15) is 9.59 Å². The van der Waals surface area contributed by atoms with Gasteiger partial charge in [0, 0.05) is 23.9 Å². The van der Waals surface area contributed by atoms with E-state index in [2.05, 4.69) is 5.32 Å². The van der Waals surface area contributed by atoms with Crippen LogP contribution < -0.4 is 5.32 Å². The van der Waals surface area contributed by atoms with E-state index >= 15 is 0 Å². The smallest absolute Gasteiger partial charge is 0.196 e. The maximum absolute atomic E-state index is 12.5. The average Bonchev–Trinajstić information content (AvgIpc) is 2.43. The number of ketones is 2. The molecule has 0 aromatic heterocycles. The molecule has 0 radical (unpaired) electrons. The minimum Gasteiger partial charge on any atom is -0.388 e. The first kappa shape index (κ1) is 11.9. The summed E-state index contributed by atoms with van der Waals surface area (Å²) in [4.78, 5) is 25.0. The molecule has 94 valence electrons. The van der Waals surface area contributed by atoms with Crippen molar-refractivity contribution >= 4 is 28.9 Å². The van der Waals surface area contributed by atoms with Crippen molar-refractivity contribution in [1.29, 1.82) is 0 Å². The number of fused-ring (bicyclic) bond motifs is 2. The number of rotatable bonds is 1. The van der Waals surface area contributed by atoms with Gasteiger partial charge in [-0.05, 0) is 12.1 Å². The third-order valence-corrected chi connectivity index (χ3v) is 3.61. The third kappa shape index (κ3) is 1.59. The summed E-state index contributed by atoms with van der Waals surface area (Å²) in [5, 5.41) is 3.26. The summed E-state index contributed by atoms with van der Waals surface area (Å²) in [5.74, 6) is -0.371. The van der Waals surface area contributed by atoms with Crippen molar-refractivity contribution in [3.05, 3.63) is 63.7 Å². The molecule has 0 unspecified atom stereocenters. The van der Waals surface area contributed by atoms with E-state index in [1.807, 2.05) is 0 Å². The molecule has 0 atom stereocenters. The molecule has 1 aliphatic carbocycles. The van der Waals surface area contributed by atoms with Gasteiger partial charge in [-0.25, -0.2) is 0 Å². The first-order valence-corrected chi connectivity index (χ1v) is 6.21. The van der Waals surface area contributed by atoms with Gasteiger partial charge in [-0.2, -0.15) is 0 Å². The SMILES string of the molecule is CNc1cccc2c1C(=O)c1cccc(Cl)c1C2=O. The van der Waals surface area contributed by atoms with Gasteiger partial charge in [0.2, 0.25) is 0 Å². The average molecular weight is 272 g/mol. The zero-order valence-electron chi connectivity index (χ0n) is 10.2. The van der Waals surface area contributed by atoms with Crippen LogP contribution in [0.3, 0.4) is 0 Å². The molecular weight excluding hydrogens is 262 g/mol. The lowest BCUT2D eigenvalue weighted by Crippen LogP contribution is -2.22. The second-order valence-electron chi connectivity index (χ2n) is 4.30. The van der Waals surface area contributed by atoms with Crippen molar-refractivity contribution in [2.24, 2.45) is 0 Å². The number of hydrogen-bond acceptors (Lipinski definition) is 3. The van der Waals surface area contributed by atoms with Crippen LogP contribution in [0, 0.1) is 0 Å². The highest BCUT2D eigenvalue weighted by molar-refractivity contribution is 6.39. The zero-order valence-corrected chi connectivity index (χ0v) is 10.9. The molecule has 2 aromatic carbocycles. The summed E-state index contributed by atoms with van der Waals surface area (Å²) in [6, 6.07) is 10.1. The highest BCUT2D eigenvalue weighted by Gasteiger charge is 2.32. The van der Waals surface area contributed by atoms with Crippen molar-refractivity contribution in [2.75, 3.05) is 12.4 Å². The van der Waals surface area contributed by atoms with Crippen LogP contribution >= 0.6 is 11.6 Å². The van der Waals surface area contributed by atoms with Crippen LogP contribution in [0.2, 0.25) is 5.02 Å². The van der Waals surface area contributed by atoms with E-state index in [0.717, 1.165) is 0 Å². The Morgan fingerprint density at radius 2 is 1.47 bits per heavy atom. The van der Waals surface area contributed by atoms with Crippen LogP contribution in [0.1, 0.15) is 31.8 Å². The van der Waals surface area contributed by atoms with Crippen LogP contribution in [-0.4, -0.2) is 18.6 Å². The molecule has 19 heavy (non-hydrogen) atoms. The van der Waals surface area contributed by atoms with Gasteiger partial charge in [0.25, 0.3) is 0 Å². The van der Waals surface area contributed by atoms with Crippen molar-refractivity contribution in [3.63, 3.8) is 0 Å². The van der Waals surface area contributed by atoms with Gasteiger partial charge >= 0.3 is 0 Å². The molecule has 0 fully saturated rings. The molecule has 3 rings (SSSR count). The molecule has 0 heterocycles. The zero-order chi connectivity index (χ0) is 13.6. The topological polar surface area (TPSA) is 46.2 Å². The molecule has 0 saturated heterocycles. The summed E-state index contributed by atoms with van der Waals surface area (Å²) in [7, 11) is 1.72. The van der Waals surface area contributed by atoms with Crippen molar-refractivity contribution < 1.29 is 9.59 Å². The van der Waals surface area contributed by atoms with Gasteiger partial charge in [-0.1, -0.05) is 35.9 Å². The van der Waals surface area contributed by atoms with Crippen LogP contribution in [0.4, 0.5) is 5.69 Å². The molecule has 3 nitrogen and oxygen atoms in total. The number of hydrogen-bond donors (Lipinski definition) is 1. The van der Waals surface area contributed by atoms with Gasteiger partial charge in [-0.3, -0.25) is 9.59 Å². The first-order chi connectivity index (χ1) is 9.15. The van der Waals surface area contributed by atoms with Gasteiger partial charge in [0.1, 0.15) is 0 Å². The number of carbonyl (C=O) groups is 2. The van der Waals surface area contributed by atoms with Crippen LogP contribution in [0.15, 0.2) is 36.4 Å². The molecule has 0 saturated carbocycles. The normalized spacial score (nSPS) is 12.9. The standard InChI is InChI=1S/C15H10ClNO2/c1-17-11-7-3-5-9-13(11)15(19)8-4-2-6-10(16)12(8)14(9)18/h2-7,17H,1H3. The van der Waals surface area contributed by atoms with Crippen LogP contribution in [0.5, 0.6) is 0 Å². The molecule has 2 aromatic rings. The fraction of sp³-hybridized carbons (Fsp3) is 0.0667. The molecule has 4 heteroatoms. The van der Waals surface area contributed by atoms with Gasteiger partial charge in [-0.15, -0.1) is 0 Å². The van der Waals surface area contributed by atoms with Crippen molar-refractivity contribution in [3.8, 4) is 0 Å². The lowest BCUT2D eigenvalue weighted by molar-refractivity contribution is 0.0980. The minimum absolute atomic E-state index is 0.169. The summed E-state index contributed by atoms with van der Waals surface area (Å²) in [6.07, 6.45) is 0. The Hall–Kier alpha value is -2.13. The Balaban J connectivity index is 2.36. The van der Waals surface area contributed by atoms with E-state index in [4.69, 9.17) is 11.6 Å². The Bertz CT molecular complexity index is 722. The fourth-order valence-electron chi connectivity index (χ4n) is 2.41. The maximum atomic E-state index is 12.5. The molecule has 0 spiro atoms. The van der Waals surface area contributed by atoms with Gasteiger partial charge in [0.05, 0.1) is 16.1 Å².